The van der Waals surface area contributed by atoms with E-state index in [1.165, 1.54) is 0 Å². The van der Waals surface area contributed by atoms with Crippen molar-refractivity contribution in [2.75, 3.05) is 0 Å². The molecule has 86 valence electrons. The summed E-state index contributed by atoms with van der Waals surface area (Å²) in [5.74, 6) is -0.686. The summed E-state index contributed by atoms with van der Waals surface area (Å²) in [5, 5.41) is 21.2. The zero-order chi connectivity index (χ0) is 11.5. The van der Waals surface area contributed by atoms with E-state index < -0.39 is 11.6 Å². The van der Waals surface area contributed by atoms with Gasteiger partial charge >= 0.3 is 0 Å². The monoisotopic (exact) mass is 211 g/mol. The van der Waals surface area contributed by atoms with E-state index in [2.05, 4.69) is 13.8 Å². The Morgan fingerprint density at radius 2 is 2.07 bits per heavy atom. The standard InChI is InChI=1S/C12H20O3/c1-10(2)8-4-5-11(10,3)12(15,6-8)7-9(13)14/h8,15H,4-7H2,1-3H3,(H,13,14)/p-1/t8-,11+,12-/m0/s1. The Balaban J connectivity index is 2.36. The SMILES string of the molecule is CC1(C)[C@H]2CC[C@@]1(C)[C@@](O)(CC(=O)[O-])C2. The lowest BCUT2D eigenvalue weighted by molar-refractivity contribution is -0.311. The summed E-state index contributed by atoms with van der Waals surface area (Å²) in [6.45, 7) is 6.33. The zero-order valence-electron chi connectivity index (χ0n) is 9.67. The van der Waals surface area contributed by atoms with Crippen molar-refractivity contribution >= 4 is 5.97 Å². The molecule has 2 aliphatic carbocycles. The smallest absolute Gasteiger partial charge is 0.0761 e. The van der Waals surface area contributed by atoms with E-state index in [1.807, 2.05) is 6.92 Å². The van der Waals surface area contributed by atoms with Crippen molar-refractivity contribution in [2.45, 2.75) is 52.1 Å². The first-order valence-electron chi connectivity index (χ1n) is 5.65. The first kappa shape index (κ1) is 10.9. The second-order valence-corrected chi connectivity index (χ2v) is 6.07. The molecule has 2 bridgehead atoms. The van der Waals surface area contributed by atoms with Crippen molar-refractivity contribution in [3.05, 3.63) is 0 Å². The average molecular weight is 211 g/mol. The molecule has 0 aliphatic heterocycles. The van der Waals surface area contributed by atoms with E-state index in [4.69, 9.17) is 0 Å². The Labute approximate surface area is 90.5 Å². The van der Waals surface area contributed by atoms with Gasteiger partial charge in [0.25, 0.3) is 0 Å². The van der Waals surface area contributed by atoms with E-state index >= 15 is 0 Å². The molecule has 0 aromatic heterocycles. The molecule has 3 heteroatoms. The van der Waals surface area contributed by atoms with Crippen LogP contribution in [0.2, 0.25) is 0 Å². The van der Waals surface area contributed by atoms with Gasteiger partial charge in [-0.25, -0.2) is 0 Å². The Hall–Kier alpha value is -0.570. The number of carboxylic acids is 1. The number of carbonyl (C=O) groups is 1. The van der Waals surface area contributed by atoms with E-state index in [9.17, 15) is 15.0 Å². The Kier molecular flexibility index (Phi) is 2.01. The van der Waals surface area contributed by atoms with Gasteiger partial charge in [-0.3, -0.25) is 0 Å². The minimum absolute atomic E-state index is 0.0389. The molecule has 0 aromatic rings. The third kappa shape index (κ3) is 1.13. The van der Waals surface area contributed by atoms with Crippen LogP contribution in [0, 0.1) is 16.7 Å². The second kappa shape index (κ2) is 2.76. The van der Waals surface area contributed by atoms with Gasteiger partial charge in [0.1, 0.15) is 0 Å². The van der Waals surface area contributed by atoms with Gasteiger partial charge in [-0.05, 0) is 30.6 Å². The van der Waals surface area contributed by atoms with Gasteiger partial charge < -0.3 is 15.0 Å². The Bertz CT molecular complexity index is 310. The zero-order valence-corrected chi connectivity index (χ0v) is 9.67. The van der Waals surface area contributed by atoms with Crippen LogP contribution in [0.15, 0.2) is 0 Å². The van der Waals surface area contributed by atoms with Gasteiger partial charge in [0, 0.05) is 17.8 Å². The maximum Gasteiger partial charge on any atom is 0.0761 e. The normalized spacial score (nSPS) is 47.1. The molecule has 0 unspecified atom stereocenters. The molecule has 2 fully saturated rings. The number of fused-ring (bicyclic) bond motifs is 2. The molecule has 1 N–H and O–H groups in total. The van der Waals surface area contributed by atoms with Crippen molar-refractivity contribution in [1.82, 2.24) is 0 Å². The third-order valence-electron chi connectivity index (χ3n) is 5.48. The fourth-order valence-corrected chi connectivity index (χ4v) is 3.92. The molecule has 0 amide bonds. The summed E-state index contributed by atoms with van der Waals surface area (Å²) in [5.41, 5.74) is -1.29. The molecule has 0 heterocycles. The largest absolute Gasteiger partial charge is 0.550 e. The van der Waals surface area contributed by atoms with Crippen LogP contribution in [0.3, 0.4) is 0 Å². The molecular formula is C12H19O3-. The first-order chi connectivity index (χ1) is 6.73. The molecule has 15 heavy (non-hydrogen) atoms. The van der Waals surface area contributed by atoms with Gasteiger partial charge in [0.2, 0.25) is 0 Å². The number of carbonyl (C=O) groups excluding carboxylic acids is 1. The van der Waals surface area contributed by atoms with Gasteiger partial charge in [0.05, 0.1) is 5.60 Å². The molecule has 0 radical (unpaired) electrons. The highest BCUT2D eigenvalue weighted by molar-refractivity contribution is 5.66. The number of hydrogen-bond donors (Lipinski definition) is 1. The number of rotatable bonds is 2. The van der Waals surface area contributed by atoms with Crippen molar-refractivity contribution in [3.63, 3.8) is 0 Å². The molecule has 0 aromatic carbocycles. The highest BCUT2D eigenvalue weighted by atomic mass is 16.4. The van der Waals surface area contributed by atoms with Crippen LogP contribution in [-0.4, -0.2) is 16.7 Å². The summed E-state index contributed by atoms with van der Waals surface area (Å²) in [6, 6.07) is 0. The first-order valence-corrected chi connectivity index (χ1v) is 5.65. The number of carboxylic acid groups (broad SMARTS) is 1. The number of aliphatic hydroxyl groups is 1. The summed E-state index contributed by atoms with van der Waals surface area (Å²) in [4.78, 5) is 10.7. The molecule has 0 saturated heterocycles. The summed E-state index contributed by atoms with van der Waals surface area (Å²) < 4.78 is 0. The minimum atomic E-state index is -1.14. The van der Waals surface area contributed by atoms with Crippen molar-refractivity contribution in [2.24, 2.45) is 16.7 Å². The molecular weight excluding hydrogens is 192 g/mol. The molecule has 3 nitrogen and oxygen atoms in total. The lowest BCUT2D eigenvalue weighted by atomic mass is 9.63. The highest BCUT2D eigenvalue weighted by Gasteiger charge is 2.67. The second-order valence-electron chi connectivity index (χ2n) is 6.07. The summed E-state index contributed by atoms with van der Waals surface area (Å²) in [6.07, 6.45) is 2.43. The van der Waals surface area contributed by atoms with Crippen molar-refractivity contribution in [1.29, 1.82) is 0 Å². The van der Waals surface area contributed by atoms with Crippen molar-refractivity contribution < 1.29 is 15.0 Å². The predicted octanol–water partition coefficient (Wildman–Crippen LogP) is 0.704. The topological polar surface area (TPSA) is 60.4 Å². The van der Waals surface area contributed by atoms with Crippen LogP contribution in [0.4, 0.5) is 0 Å². The van der Waals surface area contributed by atoms with Crippen LogP contribution in [0.5, 0.6) is 0 Å². The van der Waals surface area contributed by atoms with Gasteiger partial charge in [-0.2, -0.15) is 0 Å². The van der Waals surface area contributed by atoms with Crippen LogP contribution < -0.4 is 5.11 Å². The van der Waals surface area contributed by atoms with E-state index in [-0.39, 0.29) is 17.3 Å². The van der Waals surface area contributed by atoms with Crippen LogP contribution in [0.1, 0.15) is 46.5 Å². The minimum Gasteiger partial charge on any atom is -0.550 e. The van der Waals surface area contributed by atoms with Crippen LogP contribution in [0.25, 0.3) is 0 Å². The average Bonchev–Trinajstić information content (AvgIpc) is 2.34. The molecule has 2 saturated carbocycles. The fourth-order valence-electron chi connectivity index (χ4n) is 3.92. The van der Waals surface area contributed by atoms with E-state index in [1.54, 1.807) is 0 Å². The summed E-state index contributed by atoms with van der Waals surface area (Å²) in [7, 11) is 0. The van der Waals surface area contributed by atoms with E-state index in [0.717, 1.165) is 12.8 Å². The molecule has 2 aliphatic rings. The van der Waals surface area contributed by atoms with Crippen molar-refractivity contribution in [3.8, 4) is 0 Å². The fraction of sp³-hybridized carbons (Fsp3) is 0.917. The lowest BCUT2D eigenvalue weighted by Gasteiger charge is -2.45. The van der Waals surface area contributed by atoms with Gasteiger partial charge in [-0.1, -0.05) is 20.8 Å². The van der Waals surface area contributed by atoms with Crippen LogP contribution >= 0.6 is 0 Å². The lowest BCUT2D eigenvalue weighted by Crippen LogP contribution is -2.50. The number of aliphatic carboxylic acids is 1. The number of hydrogen-bond acceptors (Lipinski definition) is 3. The third-order valence-corrected chi connectivity index (χ3v) is 5.48. The quantitative estimate of drug-likeness (QED) is 0.731. The highest BCUT2D eigenvalue weighted by Crippen LogP contribution is 2.70. The Morgan fingerprint density at radius 1 is 1.47 bits per heavy atom. The van der Waals surface area contributed by atoms with Gasteiger partial charge in [-0.15, -0.1) is 0 Å². The Morgan fingerprint density at radius 3 is 2.40 bits per heavy atom. The maximum absolute atomic E-state index is 10.7. The molecule has 0 spiro atoms. The summed E-state index contributed by atoms with van der Waals surface area (Å²) >= 11 is 0. The predicted molar refractivity (Wildman–Crippen MR) is 53.8 cm³/mol. The maximum atomic E-state index is 10.7. The van der Waals surface area contributed by atoms with Crippen LogP contribution in [-0.2, 0) is 4.79 Å². The van der Waals surface area contributed by atoms with Gasteiger partial charge in [0.15, 0.2) is 0 Å². The van der Waals surface area contributed by atoms with E-state index in [0.29, 0.717) is 12.3 Å². The molecule has 2 rings (SSSR count). The molecule has 3 atom stereocenters.